The molecule has 0 bridgehead atoms. The number of thiazole rings is 1. The van der Waals surface area contributed by atoms with Gasteiger partial charge in [-0.05, 0) is 31.5 Å². The van der Waals surface area contributed by atoms with Crippen LogP contribution in [0.2, 0.25) is 5.02 Å². The summed E-state index contributed by atoms with van der Waals surface area (Å²) in [5.41, 5.74) is 1.20. The molecular formula is C13H15ClN2S. The van der Waals surface area contributed by atoms with Gasteiger partial charge < -0.3 is 5.32 Å². The molecule has 0 spiro atoms. The van der Waals surface area contributed by atoms with Gasteiger partial charge in [-0.15, -0.1) is 11.3 Å². The van der Waals surface area contributed by atoms with Crippen LogP contribution in [0.3, 0.4) is 0 Å². The van der Waals surface area contributed by atoms with Gasteiger partial charge in [0.25, 0.3) is 0 Å². The molecule has 1 heterocycles. The van der Waals surface area contributed by atoms with Crippen LogP contribution in [0.15, 0.2) is 35.8 Å². The molecule has 0 fully saturated rings. The van der Waals surface area contributed by atoms with Gasteiger partial charge in [-0.2, -0.15) is 0 Å². The first kappa shape index (κ1) is 12.6. The molecule has 0 aliphatic heterocycles. The number of benzene rings is 1. The van der Waals surface area contributed by atoms with Crippen molar-refractivity contribution in [1.82, 2.24) is 10.3 Å². The van der Waals surface area contributed by atoms with Crippen molar-refractivity contribution in [1.29, 1.82) is 0 Å². The first-order chi connectivity index (χ1) is 8.16. The molecule has 2 nitrogen and oxygen atoms in total. The van der Waals surface area contributed by atoms with Gasteiger partial charge in [-0.25, -0.2) is 4.98 Å². The van der Waals surface area contributed by atoms with Crippen molar-refractivity contribution in [3.8, 4) is 0 Å². The van der Waals surface area contributed by atoms with Gasteiger partial charge in [-0.3, -0.25) is 0 Å². The highest BCUT2D eigenvalue weighted by Gasteiger charge is 2.12. The Morgan fingerprint density at radius 1 is 1.29 bits per heavy atom. The summed E-state index contributed by atoms with van der Waals surface area (Å²) in [6.07, 6.45) is 1.84. The third-order valence-electron chi connectivity index (χ3n) is 2.67. The molecule has 4 heteroatoms. The van der Waals surface area contributed by atoms with E-state index in [-0.39, 0.29) is 12.1 Å². The molecule has 0 radical (unpaired) electrons. The molecule has 1 N–H and O–H groups in total. The molecule has 1 aromatic heterocycles. The standard InChI is InChI=1S/C13H15ClN2S/c1-9(11-4-3-5-12(14)8-11)16-10(2)13-15-6-7-17-13/h3-10,16H,1-2H3. The zero-order chi connectivity index (χ0) is 12.3. The van der Waals surface area contributed by atoms with Crippen LogP contribution in [0, 0.1) is 0 Å². The summed E-state index contributed by atoms with van der Waals surface area (Å²) in [6, 6.07) is 8.45. The molecule has 2 rings (SSSR count). The van der Waals surface area contributed by atoms with E-state index >= 15 is 0 Å². The SMILES string of the molecule is CC(NC(C)c1nccs1)c1cccc(Cl)c1. The smallest absolute Gasteiger partial charge is 0.109 e. The highest BCUT2D eigenvalue weighted by atomic mass is 35.5. The van der Waals surface area contributed by atoms with E-state index in [1.54, 1.807) is 11.3 Å². The Hall–Kier alpha value is -0.900. The number of nitrogens with zero attached hydrogens (tertiary/aromatic N) is 1. The zero-order valence-electron chi connectivity index (χ0n) is 9.85. The maximum absolute atomic E-state index is 5.99. The second kappa shape index (κ2) is 5.63. The minimum Gasteiger partial charge on any atom is -0.302 e. The van der Waals surface area contributed by atoms with Crippen LogP contribution < -0.4 is 5.32 Å². The lowest BCUT2D eigenvalue weighted by Gasteiger charge is -2.19. The Balaban J connectivity index is 2.04. The van der Waals surface area contributed by atoms with Crippen LogP contribution in [0.25, 0.3) is 0 Å². The van der Waals surface area contributed by atoms with Gasteiger partial charge in [0.15, 0.2) is 0 Å². The van der Waals surface area contributed by atoms with E-state index < -0.39 is 0 Å². The first-order valence-corrected chi connectivity index (χ1v) is 6.83. The summed E-state index contributed by atoms with van der Waals surface area (Å²) < 4.78 is 0. The van der Waals surface area contributed by atoms with E-state index in [2.05, 4.69) is 30.2 Å². The number of halogens is 1. The Bertz CT molecular complexity index is 470. The van der Waals surface area contributed by atoms with Crippen molar-refractivity contribution >= 4 is 22.9 Å². The second-order valence-corrected chi connectivity index (χ2v) is 5.40. The molecule has 0 saturated carbocycles. The largest absolute Gasteiger partial charge is 0.302 e. The minimum atomic E-state index is 0.254. The molecule has 0 saturated heterocycles. The van der Waals surface area contributed by atoms with Gasteiger partial charge in [0, 0.05) is 22.6 Å². The van der Waals surface area contributed by atoms with Crippen molar-refractivity contribution in [3.05, 3.63) is 51.4 Å². The summed E-state index contributed by atoms with van der Waals surface area (Å²) in [7, 11) is 0. The predicted octanol–water partition coefficient (Wildman–Crippen LogP) is 4.21. The Labute approximate surface area is 111 Å². The maximum atomic E-state index is 5.99. The monoisotopic (exact) mass is 266 g/mol. The van der Waals surface area contributed by atoms with Gasteiger partial charge in [0.05, 0.1) is 6.04 Å². The van der Waals surface area contributed by atoms with Crippen molar-refractivity contribution < 1.29 is 0 Å². The van der Waals surface area contributed by atoms with Crippen LogP contribution in [0.1, 0.15) is 36.5 Å². The van der Waals surface area contributed by atoms with Gasteiger partial charge in [-0.1, -0.05) is 23.7 Å². The number of aromatic nitrogens is 1. The van der Waals surface area contributed by atoms with E-state index in [1.165, 1.54) is 5.56 Å². The fraction of sp³-hybridized carbons (Fsp3) is 0.308. The van der Waals surface area contributed by atoms with Crippen LogP contribution in [0.4, 0.5) is 0 Å². The number of nitrogens with one attached hydrogen (secondary N) is 1. The van der Waals surface area contributed by atoms with E-state index in [0.717, 1.165) is 10.0 Å². The van der Waals surface area contributed by atoms with Crippen molar-refractivity contribution in [2.75, 3.05) is 0 Å². The van der Waals surface area contributed by atoms with E-state index in [4.69, 9.17) is 11.6 Å². The van der Waals surface area contributed by atoms with Gasteiger partial charge >= 0.3 is 0 Å². The van der Waals surface area contributed by atoms with E-state index in [9.17, 15) is 0 Å². The highest BCUT2D eigenvalue weighted by Crippen LogP contribution is 2.22. The molecule has 0 aliphatic carbocycles. The first-order valence-electron chi connectivity index (χ1n) is 5.57. The van der Waals surface area contributed by atoms with Gasteiger partial charge in [0.1, 0.15) is 5.01 Å². The maximum Gasteiger partial charge on any atom is 0.109 e. The lowest BCUT2D eigenvalue weighted by Crippen LogP contribution is -2.22. The van der Waals surface area contributed by atoms with Crippen LogP contribution in [-0.2, 0) is 0 Å². The van der Waals surface area contributed by atoms with Gasteiger partial charge in [0.2, 0.25) is 0 Å². The third-order valence-corrected chi connectivity index (χ3v) is 3.86. The van der Waals surface area contributed by atoms with E-state index in [0.29, 0.717) is 0 Å². The summed E-state index contributed by atoms with van der Waals surface area (Å²) in [5, 5.41) is 7.40. The Kier molecular flexibility index (Phi) is 4.15. The third kappa shape index (κ3) is 3.28. The quantitative estimate of drug-likeness (QED) is 0.897. The van der Waals surface area contributed by atoms with Crippen LogP contribution in [-0.4, -0.2) is 4.98 Å². The average molecular weight is 267 g/mol. The molecule has 2 atom stereocenters. The minimum absolute atomic E-state index is 0.254. The Morgan fingerprint density at radius 2 is 2.12 bits per heavy atom. The van der Waals surface area contributed by atoms with Crippen LogP contribution >= 0.6 is 22.9 Å². The molecule has 0 amide bonds. The predicted molar refractivity (Wildman–Crippen MR) is 73.5 cm³/mol. The number of rotatable bonds is 4. The van der Waals surface area contributed by atoms with Crippen molar-refractivity contribution in [3.63, 3.8) is 0 Å². The molecule has 0 aliphatic rings. The Morgan fingerprint density at radius 3 is 2.76 bits per heavy atom. The molecule has 2 aromatic rings. The van der Waals surface area contributed by atoms with Crippen molar-refractivity contribution in [2.24, 2.45) is 0 Å². The normalized spacial score (nSPS) is 14.5. The fourth-order valence-corrected chi connectivity index (χ4v) is 2.62. The zero-order valence-corrected chi connectivity index (χ0v) is 11.4. The molecule has 90 valence electrons. The summed E-state index contributed by atoms with van der Waals surface area (Å²) in [6.45, 7) is 4.26. The highest BCUT2D eigenvalue weighted by molar-refractivity contribution is 7.09. The lowest BCUT2D eigenvalue weighted by atomic mass is 10.1. The molecular weight excluding hydrogens is 252 g/mol. The average Bonchev–Trinajstić information content (AvgIpc) is 2.82. The van der Waals surface area contributed by atoms with E-state index in [1.807, 2.05) is 29.8 Å². The molecule has 1 aromatic carbocycles. The topological polar surface area (TPSA) is 24.9 Å². The number of hydrogen-bond donors (Lipinski definition) is 1. The summed E-state index contributed by atoms with van der Waals surface area (Å²) in [4.78, 5) is 4.31. The fourth-order valence-electron chi connectivity index (χ4n) is 1.77. The molecule has 17 heavy (non-hydrogen) atoms. The number of hydrogen-bond acceptors (Lipinski definition) is 3. The van der Waals surface area contributed by atoms with Crippen molar-refractivity contribution in [2.45, 2.75) is 25.9 Å². The van der Waals surface area contributed by atoms with Crippen LogP contribution in [0.5, 0.6) is 0 Å². The molecule has 2 unspecified atom stereocenters. The second-order valence-electron chi connectivity index (χ2n) is 4.04. The summed E-state index contributed by atoms with van der Waals surface area (Å²) >= 11 is 7.66. The summed E-state index contributed by atoms with van der Waals surface area (Å²) in [5.74, 6) is 0. The lowest BCUT2D eigenvalue weighted by molar-refractivity contribution is 0.493.